The Bertz CT molecular complexity index is 353. The molecule has 0 saturated heterocycles. The molecule has 1 aliphatic carbocycles. The van der Waals surface area contributed by atoms with Crippen molar-refractivity contribution in [1.29, 1.82) is 0 Å². The summed E-state index contributed by atoms with van der Waals surface area (Å²) in [4.78, 5) is 0. The molecule has 100 valence electrons. The summed E-state index contributed by atoms with van der Waals surface area (Å²) < 4.78 is 0. The largest absolute Gasteiger partial charge is 0.313 e. The number of rotatable bonds is 6. The van der Waals surface area contributed by atoms with E-state index in [0.29, 0.717) is 6.04 Å². The van der Waals surface area contributed by atoms with Crippen molar-refractivity contribution in [2.24, 2.45) is 0 Å². The van der Waals surface area contributed by atoms with E-state index in [1.807, 2.05) is 0 Å². The van der Waals surface area contributed by atoms with E-state index < -0.39 is 0 Å². The Balaban J connectivity index is 1.58. The summed E-state index contributed by atoms with van der Waals surface area (Å²) in [6.45, 7) is 8.86. The van der Waals surface area contributed by atoms with Gasteiger partial charge in [-0.15, -0.1) is 0 Å². The summed E-state index contributed by atoms with van der Waals surface area (Å²) in [6.07, 6.45) is 2.51. The number of hydrogen-bond donors (Lipinski definition) is 2. The highest BCUT2D eigenvalue weighted by atomic mass is 15.0. The van der Waals surface area contributed by atoms with Crippen LogP contribution in [0.3, 0.4) is 0 Å². The first-order valence-corrected chi connectivity index (χ1v) is 7.09. The molecular weight excluding hydrogens is 220 g/mol. The first-order chi connectivity index (χ1) is 8.56. The second-order valence-corrected chi connectivity index (χ2v) is 6.34. The van der Waals surface area contributed by atoms with E-state index in [4.69, 9.17) is 0 Å². The molecule has 2 atom stereocenters. The second-order valence-electron chi connectivity index (χ2n) is 6.34. The van der Waals surface area contributed by atoms with E-state index in [1.165, 1.54) is 18.4 Å². The fraction of sp³-hybridized carbons (Fsp3) is 0.625. The predicted octanol–water partition coefficient (Wildman–Crippen LogP) is 2.91. The van der Waals surface area contributed by atoms with Gasteiger partial charge in [0.05, 0.1) is 0 Å². The summed E-state index contributed by atoms with van der Waals surface area (Å²) in [5.41, 5.74) is 1.73. The molecule has 2 unspecified atom stereocenters. The van der Waals surface area contributed by atoms with Gasteiger partial charge in [0.2, 0.25) is 0 Å². The zero-order valence-corrected chi connectivity index (χ0v) is 11.9. The highest BCUT2D eigenvalue weighted by Crippen LogP contribution is 2.40. The molecule has 1 aromatic carbocycles. The molecule has 0 aromatic heterocycles. The fourth-order valence-electron chi connectivity index (χ4n) is 2.33. The monoisotopic (exact) mass is 246 g/mol. The molecule has 0 heterocycles. The molecule has 0 amide bonds. The molecule has 1 fully saturated rings. The SMILES string of the molecule is CC(C)(C)NCCCNC1CC1c1ccccc1. The minimum Gasteiger partial charge on any atom is -0.313 e. The number of hydrogen-bond acceptors (Lipinski definition) is 2. The van der Waals surface area contributed by atoms with Crippen molar-refractivity contribution in [3.8, 4) is 0 Å². The van der Waals surface area contributed by atoms with Crippen LogP contribution in [0.2, 0.25) is 0 Å². The summed E-state index contributed by atoms with van der Waals surface area (Å²) in [5.74, 6) is 0.752. The van der Waals surface area contributed by atoms with Gasteiger partial charge in [0.25, 0.3) is 0 Å². The van der Waals surface area contributed by atoms with Gasteiger partial charge in [0, 0.05) is 17.5 Å². The molecule has 0 radical (unpaired) electrons. The van der Waals surface area contributed by atoms with Crippen LogP contribution < -0.4 is 10.6 Å². The normalized spacial score (nSPS) is 23.1. The standard InChI is InChI=1S/C16H26N2/c1-16(2,3)18-11-7-10-17-15-12-14(15)13-8-5-4-6-9-13/h4-6,8-9,14-15,17-18H,7,10-12H2,1-3H3. The van der Waals surface area contributed by atoms with Crippen LogP contribution >= 0.6 is 0 Å². The Morgan fingerprint density at radius 2 is 1.83 bits per heavy atom. The quantitative estimate of drug-likeness (QED) is 0.754. The van der Waals surface area contributed by atoms with Crippen molar-refractivity contribution >= 4 is 0 Å². The molecular formula is C16H26N2. The van der Waals surface area contributed by atoms with Gasteiger partial charge in [-0.2, -0.15) is 0 Å². The van der Waals surface area contributed by atoms with Crippen LogP contribution in [0, 0.1) is 0 Å². The first-order valence-electron chi connectivity index (χ1n) is 7.09. The topological polar surface area (TPSA) is 24.1 Å². The zero-order valence-electron chi connectivity index (χ0n) is 11.9. The van der Waals surface area contributed by atoms with Crippen molar-refractivity contribution in [2.75, 3.05) is 13.1 Å². The van der Waals surface area contributed by atoms with Gasteiger partial charge >= 0.3 is 0 Å². The van der Waals surface area contributed by atoms with Gasteiger partial charge in [-0.3, -0.25) is 0 Å². The number of nitrogens with one attached hydrogen (secondary N) is 2. The van der Waals surface area contributed by atoms with E-state index in [-0.39, 0.29) is 5.54 Å². The van der Waals surface area contributed by atoms with Crippen LogP contribution in [-0.2, 0) is 0 Å². The maximum atomic E-state index is 3.65. The Morgan fingerprint density at radius 1 is 1.11 bits per heavy atom. The molecule has 2 nitrogen and oxygen atoms in total. The summed E-state index contributed by atoms with van der Waals surface area (Å²) in [5, 5.41) is 7.17. The van der Waals surface area contributed by atoms with Gasteiger partial charge in [0.1, 0.15) is 0 Å². The van der Waals surface area contributed by atoms with Crippen LogP contribution in [0.4, 0.5) is 0 Å². The average molecular weight is 246 g/mol. The van der Waals surface area contributed by atoms with Gasteiger partial charge < -0.3 is 10.6 Å². The smallest absolute Gasteiger partial charge is 0.0143 e. The third-order valence-electron chi connectivity index (χ3n) is 3.43. The van der Waals surface area contributed by atoms with Crippen molar-refractivity contribution in [3.05, 3.63) is 35.9 Å². The predicted molar refractivity (Wildman–Crippen MR) is 78.0 cm³/mol. The molecule has 1 aromatic rings. The van der Waals surface area contributed by atoms with Crippen molar-refractivity contribution in [2.45, 2.75) is 51.1 Å². The highest BCUT2D eigenvalue weighted by molar-refractivity contribution is 5.27. The van der Waals surface area contributed by atoms with E-state index in [1.54, 1.807) is 0 Å². The number of benzene rings is 1. The maximum Gasteiger partial charge on any atom is 0.0143 e. The van der Waals surface area contributed by atoms with Crippen LogP contribution in [-0.4, -0.2) is 24.7 Å². The fourth-order valence-corrected chi connectivity index (χ4v) is 2.33. The van der Waals surface area contributed by atoms with E-state index in [0.717, 1.165) is 19.0 Å². The molecule has 0 aliphatic heterocycles. The van der Waals surface area contributed by atoms with Crippen molar-refractivity contribution in [3.63, 3.8) is 0 Å². The molecule has 1 aliphatic rings. The molecule has 1 saturated carbocycles. The summed E-state index contributed by atoms with van der Waals surface area (Å²) in [7, 11) is 0. The summed E-state index contributed by atoms with van der Waals surface area (Å²) >= 11 is 0. The lowest BCUT2D eigenvalue weighted by atomic mass is 10.1. The molecule has 0 spiro atoms. The van der Waals surface area contributed by atoms with Crippen LogP contribution in [0.5, 0.6) is 0 Å². The van der Waals surface area contributed by atoms with Crippen molar-refractivity contribution < 1.29 is 0 Å². The lowest BCUT2D eigenvalue weighted by Gasteiger charge is -2.20. The van der Waals surface area contributed by atoms with Gasteiger partial charge in [-0.05, 0) is 52.3 Å². The Kier molecular flexibility index (Phi) is 4.41. The Labute approximate surface area is 111 Å². The first kappa shape index (κ1) is 13.6. The molecule has 2 rings (SSSR count). The van der Waals surface area contributed by atoms with Crippen LogP contribution in [0.25, 0.3) is 0 Å². The minimum absolute atomic E-state index is 0.242. The van der Waals surface area contributed by atoms with E-state index >= 15 is 0 Å². The van der Waals surface area contributed by atoms with Crippen molar-refractivity contribution in [1.82, 2.24) is 10.6 Å². The van der Waals surface area contributed by atoms with Gasteiger partial charge in [-0.25, -0.2) is 0 Å². The third kappa shape index (κ3) is 4.43. The maximum absolute atomic E-state index is 3.65. The highest BCUT2D eigenvalue weighted by Gasteiger charge is 2.37. The van der Waals surface area contributed by atoms with Crippen LogP contribution in [0.15, 0.2) is 30.3 Å². The average Bonchev–Trinajstić information content (AvgIpc) is 3.08. The molecule has 2 N–H and O–H groups in total. The van der Waals surface area contributed by atoms with Crippen LogP contribution in [0.1, 0.15) is 45.1 Å². The van der Waals surface area contributed by atoms with E-state index in [9.17, 15) is 0 Å². The Morgan fingerprint density at radius 3 is 2.50 bits per heavy atom. The molecule has 2 heteroatoms. The van der Waals surface area contributed by atoms with E-state index in [2.05, 4.69) is 61.7 Å². The zero-order chi connectivity index (χ0) is 13.0. The van der Waals surface area contributed by atoms with Gasteiger partial charge in [-0.1, -0.05) is 30.3 Å². The third-order valence-corrected chi connectivity index (χ3v) is 3.43. The molecule has 18 heavy (non-hydrogen) atoms. The Hall–Kier alpha value is -0.860. The lowest BCUT2D eigenvalue weighted by Crippen LogP contribution is -2.37. The van der Waals surface area contributed by atoms with Gasteiger partial charge in [0.15, 0.2) is 0 Å². The molecule has 0 bridgehead atoms. The summed E-state index contributed by atoms with van der Waals surface area (Å²) in [6, 6.07) is 11.6. The lowest BCUT2D eigenvalue weighted by molar-refractivity contribution is 0.418. The minimum atomic E-state index is 0.242. The second kappa shape index (κ2) is 5.85.